The van der Waals surface area contributed by atoms with Gasteiger partial charge in [0.15, 0.2) is 5.16 Å². The van der Waals surface area contributed by atoms with Crippen LogP contribution in [0.5, 0.6) is 0 Å². The van der Waals surface area contributed by atoms with Crippen molar-refractivity contribution >= 4 is 11.8 Å². The highest BCUT2D eigenvalue weighted by molar-refractivity contribution is 7.99. The number of hydrogen-bond donors (Lipinski definition) is 2. The van der Waals surface area contributed by atoms with Gasteiger partial charge < -0.3 is 10.4 Å². The normalized spacial score (nSPS) is 12.7. The van der Waals surface area contributed by atoms with Gasteiger partial charge >= 0.3 is 0 Å². The van der Waals surface area contributed by atoms with Crippen LogP contribution in [0.2, 0.25) is 0 Å². The number of nitrogens with zero attached hydrogens (tertiary/aromatic N) is 2. The Bertz CT molecular complexity index is 296. The summed E-state index contributed by atoms with van der Waals surface area (Å²) in [6, 6.07) is 2.19. The summed E-state index contributed by atoms with van der Waals surface area (Å²) in [7, 11) is 1.90. The second kappa shape index (κ2) is 6.76. The van der Waals surface area contributed by atoms with Crippen molar-refractivity contribution in [2.24, 2.45) is 0 Å². The van der Waals surface area contributed by atoms with Gasteiger partial charge in [0.25, 0.3) is 0 Å². The molecule has 1 rings (SSSR count). The van der Waals surface area contributed by atoms with Crippen molar-refractivity contribution < 1.29 is 5.11 Å². The van der Waals surface area contributed by atoms with Crippen LogP contribution in [0, 0.1) is 6.92 Å². The van der Waals surface area contributed by atoms with Crippen LogP contribution >= 0.6 is 11.8 Å². The third-order valence-electron chi connectivity index (χ3n) is 2.07. The molecule has 2 N–H and O–H groups in total. The van der Waals surface area contributed by atoms with Crippen molar-refractivity contribution in [1.82, 2.24) is 15.3 Å². The van der Waals surface area contributed by atoms with Gasteiger partial charge in [0, 0.05) is 30.3 Å². The summed E-state index contributed by atoms with van der Waals surface area (Å²) >= 11 is 1.61. The molecule has 0 bridgehead atoms. The first-order chi connectivity index (χ1) is 7.26. The van der Waals surface area contributed by atoms with E-state index in [0.717, 1.165) is 23.0 Å². The van der Waals surface area contributed by atoms with E-state index in [1.807, 2.05) is 20.0 Å². The van der Waals surface area contributed by atoms with Crippen LogP contribution in [0.15, 0.2) is 17.4 Å². The van der Waals surface area contributed by atoms with E-state index in [1.165, 1.54) is 0 Å². The standard InChI is InChI=1S/C10H17N3OS/c1-8-3-5-12-10(13-8)15-7-9(11-2)4-6-14/h3,5,9,11,14H,4,6-7H2,1-2H3. The highest BCUT2D eigenvalue weighted by atomic mass is 32.2. The second-order valence-corrected chi connectivity index (χ2v) is 4.28. The maximum atomic E-state index is 8.83. The van der Waals surface area contributed by atoms with E-state index >= 15 is 0 Å². The monoisotopic (exact) mass is 227 g/mol. The first-order valence-electron chi connectivity index (χ1n) is 4.97. The van der Waals surface area contributed by atoms with Crippen LogP contribution in [0.25, 0.3) is 0 Å². The van der Waals surface area contributed by atoms with Gasteiger partial charge in [0.2, 0.25) is 0 Å². The number of aliphatic hydroxyl groups excluding tert-OH is 1. The average molecular weight is 227 g/mol. The number of aromatic nitrogens is 2. The van der Waals surface area contributed by atoms with E-state index < -0.39 is 0 Å². The van der Waals surface area contributed by atoms with Crippen molar-refractivity contribution in [1.29, 1.82) is 0 Å². The summed E-state index contributed by atoms with van der Waals surface area (Å²) in [5.74, 6) is 0.876. The Morgan fingerprint density at radius 3 is 3.00 bits per heavy atom. The van der Waals surface area contributed by atoms with Crippen molar-refractivity contribution in [3.8, 4) is 0 Å². The van der Waals surface area contributed by atoms with Crippen LogP contribution in [0.1, 0.15) is 12.1 Å². The molecule has 0 aliphatic rings. The second-order valence-electron chi connectivity index (χ2n) is 3.29. The molecule has 1 aromatic rings. The molecule has 0 saturated carbocycles. The predicted octanol–water partition coefficient (Wildman–Crippen LogP) is 0.848. The molecule has 0 saturated heterocycles. The van der Waals surface area contributed by atoms with Crippen LogP contribution in [0.3, 0.4) is 0 Å². The summed E-state index contributed by atoms with van der Waals surface area (Å²) < 4.78 is 0. The third-order valence-corrected chi connectivity index (χ3v) is 3.10. The third kappa shape index (κ3) is 4.59. The lowest BCUT2D eigenvalue weighted by molar-refractivity contribution is 0.273. The molecule has 1 aromatic heterocycles. The number of thioether (sulfide) groups is 1. The van der Waals surface area contributed by atoms with E-state index in [4.69, 9.17) is 5.11 Å². The van der Waals surface area contributed by atoms with Crippen LogP contribution in [-0.4, -0.2) is 40.5 Å². The molecule has 0 aliphatic carbocycles. The molecule has 1 heterocycles. The van der Waals surface area contributed by atoms with Gasteiger partial charge in [-0.15, -0.1) is 0 Å². The number of aryl methyl sites for hydroxylation is 1. The average Bonchev–Trinajstić information content (AvgIpc) is 2.24. The van der Waals surface area contributed by atoms with Crippen LogP contribution in [0.4, 0.5) is 0 Å². The zero-order valence-corrected chi connectivity index (χ0v) is 9.92. The summed E-state index contributed by atoms with van der Waals surface area (Å²) in [5.41, 5.74) is 0.982. The maximum Gasteiger partial charge on any atom is 0.187 e. The Labute approximate surface area is 94.5 Å². The molecule has 15 heavy (non-hydrogen) atoms. The fourth-order valence-corrected chi connectivity index (χ4v) is 2.16. The molecule has 1 atom stereocenters. The van der Waals surface area contributed by atoms with E-state index in [2.05, 4.69) is 15.3 Å². The van der Waals surface area contributed by atoms with Gasteiger partial charge in [0.05, 0.1) is 0 Å². The Kier molecular flexibility index (Phi) is 5.60. The van der Waals surface area contributed by atoms with Gasteiger partial charge in [-0.2, -0.15) is 0 Å². The fraction of sp³-hybridized carbons (Fsp3) is 0.600. The quantitative estimate of drug-likeness (QED) is 0.557. The molecule has 0 fully saturated rings. The fourth-order valence-electron chi connectivity index (χ4n) is 1.14. The minimum absolute atomic E-state index is 0.209. The van der Waals surface area contributed by atoms with E-state index in [1.54, 1.807) is 18.0 Å². The number of rotatable bonds is 6. The lowest BCUT2D eigenvalue weighted by Crippen LogP contribution is -2.28. The predicted molar refractivity (Wildman–Crippen MR) is 62.0 cm³/mol. The minimum Gasteiger partial charge on any atom is -0.396 e. The zero-order chi connectivity index (χ0) is 11.1. The first kappa shape index (κ1) is 12.4. The van der Waals surface area contributed by atoms with Gasteiger partial charge in [-0.25, -0.2) is 9.97 Å². The number of hydrogen-bond acceptors (Lipinski definition) is 5. The Balaban J connectivity index is 2.41. The molecule has 84 valence electrons. The summed E-state index contributed by atoms with van der Waals surface area (Å²) in [5, 5.41) is 12.8. The van der Waals surface area contributed by atoms with Crippen molar-refractivity contribution in [3.63, 3.8) is 0 Å². The van der Waals surface area contributed by atoms with E-state index in [-0.39, 0.29) is 6.61 Å². The summed E-state index contributed by atoms with van der Waals surface area (Å²) in [6.07, 6.45) is 2.53. The first-order valence-corrected chi connectivity index (χ1v) is 5.95. The molecule has 0 aliphatic heterocycles. The SMILES string of the molecule is CNC(CCO)CSc1nccc(C)n1. The van der Waals surface area contributed by atoms with Crippen molar-refractivity contribution in [2.45, 2.75) is 24.5 Å². The van der Waals surface area contributed by atoms with Gasteiger partial charge in [-0.05, 0) is 26.5 Å². The highest BCUT2D eigenvalue weighted by Crippen LogP contribution is 2.14. The largest absolute Gasteiger partial charge is 0.396 e. The molecular weight excluding hydrogens is 210 g/mol. The molecular formula is C10H17N3OS. The Morgan fingerprint density at radius 1 is 1.60 bits per heavy atom. The maximum absolute atomic E-state index is 8.83. The number of aliphatic hydroxyl groups is 1. The zero-order valence-electron chi connectivity index (χ0n) is 9.10. The molecule has 0 aromatic carbocycles. The van der Waals surface area contributed by atoms with Gasteiger partial charge in [-0.3, -0.25) is 0 Å². The van der Waals surface area contributed by atoms with Gasteiger partial charge in [0.1, 0.15) is 0 Å². The van der Waals surface area contributed by atoms with Gasteiger partial charge in [-0.1, -0.05) is 11.8 Å². The molecule has 0 spiro atoms. The summed E-state index contributed by atoms with van der Waals surface area (Å²) in [4.78, 5) is 8.47. The van der Waals surface area contributed by atoms with Crippen molar-refractivity contribution in [3.05, 3.63) is 18.0 Å². The van der Waals surface area contributed by atoms with E-state index in [9.17, 15) is 0 Å². The lowest BCUT2D eigenvalue weighted by atomic mass is 10.2. The molecule has 0 radical (unpaired) electrons. The Hall–Kier alpha value is -0.650. The topological polar surface area (TPSA) is 58.0 Å². The minimum atomic E-state index is 0.209. The molecule has 1 unspecified atom stereocenters. The Morgan fingerprint density at radius 2 is 2.40 bits per heavy atom. The lowest BCUT2D eigenvalue weighted by Gasteiger charge is -2.13. The molecule has 5 heteroatoms. The smallest absolute Gasteiger partial charge is 0.187 e. The van der Waals surface area contributed by atoms with Crippen molar-refractivity contribution in [2.75, 3.05) is 19.4 Å². The molecule has 4 nitrogen and oxygen atoms in total. The number of nitrogens with one attached hydrogen (secondary N) is 1. The van der Waals surface area contributed by atoms with Crippen LogP contribution < -0.4 is 5.32 Å². The molecule has 0 amide bonds. The highest BCUT2D eigenvalue weighted by Gasteiger charge is 2.07. The van der Waals surface area contributed by atoms with Crippen LogP contribution in [-0.2, 0) is 0 Å². The van der Waals surface area contributed by atoms with E-state index in [0.29, 0.717) is 6.04 Å². The summed E-state index contributed by atoms with van der Waals surface area (Å²) in [6.45, 7) is 2.16.